The van der Waals surface area contributed by atoms with Gasteiger partial charge in [0.05, 0.1) is 35.4 Å². The maximum atomic E-state index is 13.9. The molecule has 9 nitrogen and oxygen atoms in total. The minimum absolute atomic E-state index is 0.0932. The molecular weight excluding hydrogens is 466 g/mol. The summed E-state index contributed by atoms with van der Waals surface area (Å²) in [6.07, 6.45) is 2.07. The second kappa shape index (κ2) is 9.34. The molecule has 5 rings (SSSR count). The number of nitrogens with one attached hydrogen (secondary N) is 2. The number of aromatic amines is 1. The van der Waals surface area contributed by atoms with Crippen LogP contribution in [0, 0.1) is 18.3 Å². The van der Waals surface area contributed by atoms with Crippen molar-refractivity contribution in [2.75, 3.05) is 55.6 Å². The topological polar surface area (TPSA) is 119 Å². The zero-order valence-corrected chi connectivity index (χ0v) is 20.3. The van der Waals surface area contributed by atoms with E-state index in [0.29, 0.717) is 40.6 Å². The van der Waals surface area contributed by atoms with Crippen LogP contribution in [-0.4, -0.2) is 64.2 Å². The number of rotatable bonds is 6. The molecule has 3 aromatic rings. The maximum Gasteiger partial charge on any atom is 0.264 e. The van der Waals surface area contributed by atoms with E-state index >= 15 is 0 Å². The molecule has 182 valence electrons. The van der Waals surface area contributed by atoms with Crippen LogP contribution in [0.3, 0.4) is 0 Å². The van der Waals surface area contributed by atoms with E-state index < -0.39 is 10.0 Å². The summed E-state index contributed by atoms with van der Waals surface area (Å²) in [5, 5.41) is 13.8. The Hall–Kier alpha value is -3.39. The summed E-state index contributed by atoms with van der Waals surface area (Å²) in [6.45, 7) is 6.79. The van der Waals surface area contributed by atoms with Gasteiger partial charge >= 0.3 is 0 Å². The Morgan fingerprint density at radius 1 is 1.20 bits per heavy atom. The summed E-state index contributed by atoms with van der Waals surface area (Å²) < 4.78 is 34.6. The first kappa shape index (κ1) is 23.4. The van der Waals surface area contributed by atoms with Gasteiger partial charge in [0, 0.05) is 60.9 Å². The number of nitriles is 1. The van der Waals surface area contributed by atoms with E-state index in [-0.39, 0.29) is 17.0 Å². The molecule has 0 saturated carbocycles. The number of hydrogen-bond donors (Lipinski definition) is 2. The molecule has 0 unspecified atom stereocenters. The number of nitrogens with zero attached hydrogens (tertiary/aromatic N) is 3. The number of anilines is 2. The largest absolute Gasteiger partial charge is 0.383 e. The number of benzene rings is 2. The highest BCUT2D eigenvalue weighted by Gasteiger charge is 2.34. The highest BCUT2D eigenvalue weighted by Crippen LogP contribution is 2.39. The van der Waals surface area contributed by atoms with E-state index in [1.54, 1.807) is 31.2 Å². The van der Waals surface area contributed by atoms with Crippen LogP contribution in [0.15, 0.2) is 46.2 Å². The number of fused-ring (bicyclic) bond motifs is 2. The molecule has 0 aliphatic carbocycles. The van der Waals surface area contributed by atoms with Gasteiger partial charge in [0.25, 0.3) is 15.6 Å². The van der Waals surface area contributed by atoms with E-state index in [2.05, 4.69) is 21.3 Å². The summed E-state index contributed by atoms with van der Waals surface area (Å²) in [5.74, 6) is 0. The third kappa shape index (κ3) is 4.27. The van der Waals surface area contributed by atoms with Crippen molar-refractivity contribution in [1.29, 1.82) is 5.26 Å². The second-order valence-electron chi connectivity index (χ2n) is 8.82. The number of pyridine rings is 1. The van der Waals surface area contributed by atoms with E-state index in [9.17, 15) is 18.5 Å². The smallest absolute Gasteiger partial charge is 0.264 e. The van der Waals surface area contributed by atoms with Gasteiger partial charge in [-0.2, -0.15) is 5.26 Å². The minimum atomic E-state index is -3.98. The second-order valence-corrected chi connectivity index (χ2v) is 10.7. The monoisotopic (exact) mass is 493 g/mol. The lowest BCUT2D eigenvalue weighted by atomic mass is 10.1. The molecule has 1 saturated heterocycles. The van der Waals surface area contributed by atoms with Crippen LogP contribution in [0.2, 0.25) is 0 Å². The molecule has 10 heteroatoms. The number of H-pyrrole nitrogens is 1. The molecular formula is C25H27N5O4S. The fourth-order valence-corrected chi connectivity index (χ4v) is 6.68. The number of aromatic nitrogens is 1. The van der Waals surface area contributed by atoms with Gasteiger partial charge in [0.1, 0.15) is 0 Å². The third-order valence-corrected chi connectivity index (χ3v) is 8.54. The van der Waals surface area contributed by atoms with Crippen molar-refractivity contribution in [3.05, 3.63) is 63.6 Å². The van der Waals surface area contributed by atoms with E-state index in [4.69, 9.17) is 4.74 Å². The van der Waals surface area contributed by atoms with Crippen LogP contribution in [0.5, 0.6) is 0 Å². The Morgan fingerprint density at radius 2 is 2.00 bits per heavy atom. The van der Waals surface area contributed by atoms with Crippen molar-refractivity contribution in [3.8, 4) is 6.07 Å². The maximum absolute atomic E-state index is 13.9. The molecule has 1 fully saturated rings. The van der Waals surface area contributed by atoms with Crippen LogP contribution < -0.4 is 15.2 Å². The molecule has 2 aliphatic heterocycles. The lowest BCUT2D eigenvalue weighted by molar-refractivity contribution is 0.0398. The van der Waals surface area contributed by atoms with E-state index in [0.717, 1.165) is 44.1 Å². The van der Waals surface area contributed by atoms with Crippen LogP contribution in [0.4, 0.5) is 11.4 Å². The lowest BCUT2D eigenvalue weighted by Crippen LogP contribution is -2.39. The number of morpholine rings is 1. The normalized spacial score (nSPS) is 16.3. The predicted octanol–water partition coefficient (Wildman–Crippen LogP) is 2.20. The van der Waals surface area contributed by atoms with Gasteiger partial charge in [-0.25, -0.2) is 8.42 Å². The standard InChI is InChI=1S/C25H27N5O4S/c1-17-16-28-25(31)20-3-2-4-23(24(17)20)35(32,33)30-7-5-19-21(13-18(15-26)14-22(19)30)27-6-8-29-9-11-34-12-10-29/h2-4,13-14,16,27H,5-12H2,1H3,(H,28,31). The molecule has 2 N–H and O–H groups in total. The quantitative estimate of drug-likeness (QED) is 0.540. The first-order chi connectivity index (χ1) is 16.9. The highest BCUT2D eigenvalue weighted by atomic mass is 32.2. The number of hydrogen-bond acceptors (Lipinski definition) is 7. The Labute approximate surface area is 204 Å². The van der Waals surface area contributed by atoms with Crippen molar-refractivity contribution in [1.82, 2.24) is 9.88 Å². The van der Waals surface area contributed by atoms with Gasteiger partial charge in [0.15, 0.2) is 0 Å². The molecule has 0 radical (unpaired) electrons. The zero-order valence-electron chi connectivity index (χ0n) is 19.5. The Bertz CT molecular complexity index is 1490. The summed E-state index contributed by atoms with van der Waals surface area (Å²) in [4.78, 5) is 17.4. The SMILES string of the molecule is Cc1c[nH]c(=O)c2cccc(S(=O)(=O)N3CCc4c(NCCN5CCOCC5)cc(C#N)cc43)c12. The van der Waals surface area contributed by atoms with Crippen LogP contribution in [0.25, 0.3) is 10.8 Å². The number of sulfonamides is 1. The van der Waals surface area contributed by atoms with Crippen LogP contribution in [0.1, 0.15) is 16.7 Å². The van der Waals surface area contributed by atoms with E-state index in [1.807, 2.05) is 0 Å². The zero-order chi connectivity index (χ0) is 24.6. The molecule has 35 heavy (non-hydrogen) atoms. The predicted molar refractivity (Wildman–Crippen MR) is 134 cm³/mol. The van der Waals surface area contributed by atoms with Crippen molar-refractivity contribution in [2.45, 2.75) is 18.2 Å². The van der Waals surface area contributed by atoms with Gasteiger partial charge in [0.2, 0.25) is 0 Å². The van der Waals surface area contributed by atoms with Crippen molar-refractivity contribution < 1.29 is 13.2 Å². The highest BCUT2D eigenvalue weighted by molar-refractivity contribution is 7.93. The van der Waals surface area contributed by atoms with Gasteiger partial charge < -0.3 is 15.0 Å². The number of ether oxygens (including phenoxy) is 1. The fourth-order valence-electron chi connectivity index (χ4n) is 4.91. The Balaban J connectivity index is 1.50. The molecule has 0 atom stereocenters. The summed E-state index contributed by atoms with van der Waals surface area (Å²) in [6, 6.07) is 10.3. The fraction of sp³-hybridized carbons (Fsp3) is 0.360. The third-order valence-electron chi connectivity index (χ3n) is 6.69. The molecule has 0 spiro atoms. The Kier molecular flexibility index (Phi) is 6.23. The summed E-state index contributed by atoms with van der Waals surface area (Å²) in [5.41, 5.74) is 2.92. The van der Waals surface area contributed by atoms with Gasteiger partial charge in [-0.3, -0.25) is 14.0 Å². The summed E-state index contributed by atoms with van der Waals surface area (Å²) >= 11 is 0. The van der Waals surface area contributed by atoms with Crippen LogP contribution >= 0.6 is 0 Å². The van der Waals surface area contributed by atoms with E-state index in [1.165, 1.54) is 16.6 Å². The van der Waals surface area contributed by atoms with Crippen molar-refractivity contribution in [3.63, 3.8) is 0 Å². The first-order valence-electron chi connectivity index (χ1n) is 11.6. The van der Waals surface area contributed by atoms with Crippen LogP contribution in [-0.2, 0) is 21.2 Å². The molecule has 3 heterocycles. The summed E-state index contributed by atoms with van der Waals surface area (Å²) in [7, 11) is -3.98. The lowest BCUT2D eigenvalue weighted by Gasteiger charge is -2.27. The van der Waals surface area contributed by atoms with Gasteiger partial charge in [-0.05, 0) is 43.2 Å². The van der Waals surface area contributed by atoms with Crippen molar-refractivity contribution >= 4 is 32.2 Å². The molecule has 2 aliphatic rings. The Morgan fingerprint density at radius 3 is 2.77 bits per heavy atom. The first-order valence-corrected chi connectivity index (χ1v) is 13.1. The average molecular weight is 494 g/mol. The van der Waals surface area contributed by atoms with Crippen molar-refractivity contribution in [2.24, 2.45) is 0 Å². The minimum Gasteiger partial charge on any atom is -0.383 e. The van der Waals surface area contributed by atoms with Gasteiger partial charge in [-0.1, -0.05) is 6.07 Å². The molecule has 0 bridgehead atoms. The van der Waals surface area contributed by atoms with Gasteiger partial charge in [-0.15, -0.1) is 0 Å². The molecule has 0 amide bonds. The molecule has 2 aromatic carbocycles. The average Bonchev–Trinajstić information content (AvgIpc) is 3.32. The number of aryl methyl sites for hydroxylation is 1. The molecule has 1 aromatic heterocycles.